The summed E-state index contributed by atoms with van der Waals surface area (Å²) in [5.74, 6) is 0.413. The van der Waals surface area contributed by atoms with E-state index in [1.54, 1.807) is 0 Å². The molecule has 0 bridgehead atoms. The van der Waals surface area contributed by atoms with Crippen molar-refractivity contribution in [3.63, 3.8) is 0 Å². The second-order valence-electron chi connectivity index (χ2n) is 6.88. The molecule has 0 radical (unpaired) electrons. The van der Waals surface area contributed by atoms with Crippen LogP contribution in [0.4, 0.5) is 0 Å². The van der Waals surface area contributed by atoms with Crippen LogP contribution in [0.2, 0.25) is 0 Å². The summed E-state index contributed by atoms with van der Waals surface area (Å²) in [6.45, 7) is 6.12. The molecule has 1 atom stereocenters. The third-order valence-electron chi connectivity index (χ3n) is 5.87. The van der Waals surface area contributed by atoms with Crippen LogP contribution in [-0.2, 0) is 17.8 Å². The number of hydrogen-bond acceptors (Lipinski definition) is 3. The average Bonchev–Trinajstić information content (AvgIpc) is 2.87. The molecular formula is C16H22N2OS. The summed E-state index contributed by atoms with van der Waals surface area (Å²) >= 11 is 1.84. The van der Waals surface area contributed by atoms with Gasteiger partial charge in [-0.25, -0.2) is 0 Å². The zero-order chi connectivity index (χ0) is 13.8. The monoisotopic (exact) mass is 290 g/mol. The van der Waals surface area contributed by atoms with E-state index in [0.29, 0.717) is 11.3 Å². The lowest BCUT2D eigenvalue weighted by Crippen LogP contribution is -2.43. The highest BCUT2D eigenvalue weighted by atomic mass is 32.1. The molecule has 1 unspecified atom stereocenters. The molecule has 1 saturated heterocycles. The number of amides is 1. The molecular weight excluding hydrogens is 268 g/mol. The highest BCUT2D eigenvalue weighted by molar-refractivity contribution is 7.10. The van der Waals surface area contributed by atoms with Gasteiger partial charge >= 0.3 is 0 Å². The summed E-state index contributed by atoms with van der Waals surface area (Å²) in [5.41, 5.74) is 1.60. The molecule has 1 aromatic heterocycles. The van der Waals surface area contributed by atoms with E-state index in [9.17, 15) is 4.79 Å². The summed E-state index contributed by atoms with van der Waals surface area (Å²) in [4.78, 5) is 16.6. The standard InChI is InChI=1S/C16H22N2OS/c1-15(11-16(15)4-6-17-7-5-16)14(19)18-8-2-13-12(10-18)3-9-20-13/h3,9,17H,2,4-8,10-11H2,1H3. The predicted octanol–water partition coefficient (Wildman–Crippen LogP) is 2.41. The summed E-state index contributed by atoms with van der Waals surface area (Å²) in [7, 11) is 0. The lowest BCUT2D eigenvalue weighted by atomic mass is 9.84. The minimum Gasteiger partial charge on any atom is -0.337 e. The van der Waals surface area contributed by atoms with Crippen LogP contribution in [0.25, 0.3) is 0 Å². The van der Waals surface area contributed by atoms with Gasteiger partial charge in [0.05, 0.1) is 5.41 Å². The molecule has 20 heavy (non-hydrogen) atoms. The van der Waals surface area contributed by atoms with Crippen LogP contribution in [-0.4, -0.2) is 30.4 Å². The minimum absolute atomic E-state index is 0.0807. The van der Waals surface area contributed by atoms with Gasteiger partial charge in [-0.2, -0.15) is 0 Å². The quantitative estimate of drug-likeness (QED) is 0.861. The van der Waals surface area contributed by atoms with Gasteiger partial charge in [0.2, 0.25) is 5.91 Å². The van der Waals surface area contributed by atoms with Crippen LogP contribution < -0.4 is 5.32 Å². The Morgan fingerprint density at radius 3 is 3.00 bits per heavy atom. The van der Waals surface area contributed by atoms with Gasteiger partial charge in [0, 0.05) is 18.0 Å². The zero-order valence-corrected chi connectivity index (χ0v) is 12.9. The number of fused-ring (bicyclic) bond motifs is 1. The van der Waals surface area contributed by atoms with Crippen LogP contribution in [0.5, 0.6) is 0 Å². The first-order valence-electron chi connectivity index (χ1n) is 7.70. The fourth-order valence-corrected chi connectivity index (χ4v) is 5.23. The highest BCUT2D eigenvalue weighted by Gasteiger charge is 2.68. The van der Waals surface area contributed by atoms with Gasteiger partial charge in [-0.15, -0.1) is 11.3 Å². The van der Waals surface area contributed by atoms with Crippen LogP contribution in [0.15, 0.2) is 11.4 Å². The Kier molecular flexibility index (Phi) is 2.77. The zero-order valence-electron chi connectivity index (χ0n) is 12.1. The molecule has 3 nitrogen and oxygen atoms in total. The fourth-order valence-electron chi connectivity index (χ4n) is 4.34. The van der Waals surface area contributed by atoms with E-state index in [2.05, 4.69) is 28.6 Å². The molecule has 1 saturated carbocycles. The van der Waals surface area contributed by atoms with Crippen LogP contribution in [0, 0.1) is 10.8 Å². The smallest absolute Gasteiger partial charge is 0.229 e. The maximum atomic E-state index is 13.0. The number of piperidine rings is 1. The molecule has 3 aliphatic rings. The number of rotatable bonds is 1. The Hall–Kier alpha value is -0.870. The maximum absolute atomic E-state index is 13.0. The number of carbonyl (C=O) groups is 1. The summed E-state index contributed by atoms with van der Waals surface area (Å²) in [6, 6.07) is 2.19. The Labute approximate surface area is 124 Å². The molecule has 1 aromatic rings. The third-order valence-corrected chi connectivity index (χ3v) is 6.89. The summed E-state index contributed by atoms with van der Waals surface area (Å²) in [6.07, 6.45) is 4.50. The van der Waals surface area contributed by atoms with E-state index in [-0.39, 0.29) is 5.41 Å². The van der Waals surface area contributed by atoms with Gasteiger partial charge in [0.25, 0.3) is 0 Å². The number of nitrogens with zero attached hydrogens (tertiary/aromatic N) is 1. The molecule has 1 amide bonds. The van der Waals surface area contributed by atoms with Crippen LogP contribution in [0.3, 0.4) is 0 Å². The van der Waals surface area contributed by atoms with E-state index in [0.717, 1.165) is 39.0 Å². The molecule has 4 rings (SSSR count). The predicted molar refractivity (Wildman–Crippen MR) is 80.7 cm³/mol. The highest BCUT2D eigenvalue weighted by Crippen LogP contribution is 2.69. The van der Waals surface area contributed by atoms with Crippen molar-refractivity contribution < 1.29 is 4.79 Å². The van der Waals surface area contributed by atoms with E-state index in [1.165, 1.54) is 23.3 Å². The van der Waals surface area contributed by atoms with Crippen molar-refractivity contribution in [2.24, 2.45) is 10.8 Å². The van der Waals surface area contributed by atoms with Gasteiger partial charge in [-0.1, -0.05) is 6.92 Å². The lowest BCUT2D eigenvalue weighted by molar-refractivity contribution is -0.139. The first-order valence-corrected chi connectivity index (χ1v) is 8.58. The number of carbonyl (C=O) groups excluding carboxylic acids is 1. The van der Waals surface area contributed by atoms with Crippen molar-refractivity contribution in [2.75, 3.05) is 19.6 Å². The van der Waals surface area contributed by atoms with Gasteiger partial charge in [0.15, 0.2) is 0 Å². The second kappa shape index (κ2) is 4.31. The molecule has 2 aliphatic heterocycles. The molecule has 1 N–H and O–H groups in total. The van der Waals surface area contributed by atoms with E-state index >= 15 is 0 Å². The topological polar surface area (TPSA) is 32.3 Å². The minimum atomic E-state index is -0.0807. The first-order chi connectivity index (χ1) is 9.65. The maximum Gasteiger partial charge on any atom is 0.229 e. The SMILES string of the molecule is CC1(C(=O)N2CCc3sccc3C2)CC12CCNCC2. The number of hydrogen-bond donors (Lipinski definition) is 1. The molecule has 4 heteroatoms. The summed E-state index contributed by atoms with van der Waals surface area (Å²) in [5, 5.41) is 5.58. The van der Waals surface area contributed by atoms with Crippen molar-refractivity contribution in [2.45, 2.75) is 39.2 Å². The third kappa shape index (κ3) is 1.70. The molecule has 2 fully saturated rings. The molecule has 0 aromatic carbocycles. The van der Waals surface area contributed by atoms with Gasteiger partial charge < -0.3 is 10.2 Å². The van der Waals surface area contributed by atoms with Crippen molar-refractivity contribution in [3.8, 4) is 0 Å². The van der Waals surface area contributed by atoms with Crippen molar-refractivity contribution in [3.05, 3.63) is 21.9 Å². The summed E-state index contributed by atoms with van der Waals surface area (Å²) < 4.78 is 0. The van der Waals surface area contributed by atoms with Gasteiger partial charge in [0.1, 0.15) is 0 Å². The van der Waals surface area contributed by atoms with Crippen LogP contribution >= 0.6 is 11.3 Å². The largest absolute Gasteiger partial charge is 0.337 e. The van der Waals surface area contributed by atoms with E-state index < -0.39 is 0 Å². The average molecular weight is 290 g/mol. The van der Waals surface area contributed by atoms with Crippen molar-refractivity contribution >= 4 is 17.2 Å². The second-order valence-corrected chi connectivity index (χ2v) is 7.89. The fraction of sp³-hybridized carbons (Fsp3) is 0.688. The first kappa shape index (κ1) is 12.8. The molecule has 1 aliphatic carbocycles. The van der Waals surface area contributed by atoms with E-state index in [1.807, 2.05) is 11.3 Å². The van der Waals surface area contributed by atoms with Crippen molar-refractivity contribution in [1.82, 2.24) is 10.2 Å². The lowest BCUT2D eigenvalue weighted by Gasteiger charge is -2.33. The van der Waals surface area contributed by atoms with Gasteiger partial charge in [-0.3, -0.25) is 4.79 Å². The Morgan fingerprint density at radius 1 is 1.40 bits per heavy atom. The van der Waals surface area contributed by atoms with Crippen LogP contribution in [0.1, 0.15) is 36.6 Å². The van der Waals surface area contributed by atoms with Crippen molar-refractivity contribution in [1.29, 1.82) is 0 Å². The molecule has 1 spiro atoms. The Balaban J connectivity index is 1.51. The van der Waals surface area contributed by atoms with Gasteiger partial charge in [-0.05, 0) is 61.2 Å². The molecule has 108 valence electrons. The Bertz CT molecular complexity index is 546. The molecule has 3 heterocycles. The number of nitrogens with one attached hydrogen (secondary N) is 1. The number of thiophene rings is 1. The normalized spacial score (nSPS) is 31.1. The van der Waals surface area contributed by atoms with E-state index in [4.69, 9.17) is 0 Å². The Morgan fingerprint density at radius 2 is 2.20 bits per heavy atom.